The number of unbranched alkanes of at least 4 members (excludes halogenated alkanes) is 4. The molecule has 0 aliphatic carbocycles. The van der Waals surface area contributed by atoms with Crippen molar-refractivity contribution in [3.8, 4) is 0 Å². The smallest absolute Gasteiger partial charge is 0.140 e. The van der Waals surface area contributed by atoms with Gasteiger partial charge in [-0.2, -0.15) is 0 Å². The summed E-state index contributed by atoms with van der Waals surface area (Å²) in [6.07, 6.45) is 9.30. The van der Waals surface area contributed by atoms with Crippen LogP contribution in [0.25, 0.3) is 0 Å². The average Bonchev–Trinajstić information content (AvgIpc) is 2.91. The molecule has 3 rings (SSSR count). The Bertz CT molecular complexity index is 1050. The number of thiocarbonyl (C=S) groups is 2. The first kappa shape index (κ1) is 29.7. The van der Waals surface area contributed by atoms with E-state index in [1.165, 1.54) is 59.4 Å². The lowest BCUT2D eigenvalue weighted by atomic mass is 10.1. The van der Waals surface area contributed by atoms with Crippen LogP contribution in [0, 0.1) is 0 Å². The Morgan fingerprint density at radius 2 is 1.05 bits per heavy atom. The zero-order valence-electron chi connectivity index (χ0n) is 21.9. The molecule has 0 radical (unpaired) electrons. The lowest BCUT2D eigenvalue weighted by molar-refractivity contribution is 0.625. The highest BCUT2D eigenvalue weighted by atomic mass is 32.2. The minimum atomic E-state index is -0.208. The predicted molar refractivity (Wildman–Crippen MR) is 172 cm³/mol. The second-order valence-electron chi connectivity index (χ2n) is 9.04. The minimum Gasteiger partial charge on any atom is -0.347 e. The third-order valence-electron chi connectivity index (χ3n) is 6.11. The molecule has 0 fully saturated rings. The summed E-state index contributed by atoms with van der Waals surface area (Å²) in [7, 11) is 0. The summed E-state index contributed by atoms with van der Waals surface area (Å²) in [6.45, 7) is 4.48. The van der Waals surface area contributed by atoms with Gasteiger partial charge in [0.1, 0.15) is 14.8 Å². The highest BCUT2D eigenvalue weighted by molar-refractivity contribution is 8.23. The zero-order chi connectivity index (χ0) is 26.3. The Labute approximate surface area is 242 Å². The maximum absolute atomic E-state index is 5.83. The molecule has 0 saturated heterocycles. The van der Waals surface area contributed by atoms with Crippen LogP contribution in [0.3, 0.4) is 0 Å². The van der Waals surface area contributed by atoms with Crippen LogP contribution in [0.15, 0.2) is 88.7 Å². The van der Waals surface area contributed by atoms with Crippen molar-refractivity contribution in [1.29, 1.82) is 0 Å². The summed E-state index contributed by atoms with van der Waals surface area (Å²) in [5.74, 6) is 0. The van der Waals surface area contributed by atoms with E-state index in [0.29, 0.717) is 0 Å². The molecule has 0 amide bonds. The van der Waals surface area contributed by atoms with Gasteiger partial charge in [-0.15, -0.1) is 0 Å². The van der Waals surface area contributed by atoms with Gasteiger partial charge in [-0.3, -0.25) is 0 Å². The molecule has 37 heavy (non-hydrogen) atoms. The molecule has 196 valence electrons. The van der Waals surface area contributed by atoms with E-state index >= 15 is 0 Å². The van der Waals surface area contributed by atoms with E-state index in [1.54, 1.807) is 23.5 Å². The Hall–Kier alpha value is -1.86. The summed E-state index contributed by atoms with van der Waals surface area (Å²) in [4.78, 5) is 2.45. The molecule has 0 heterocycles. The van der Waals surface area contributed by atoms with Crippen LogP contribution in [0.5, 0.6) is 0 Å². The normalized spacial score (nSPS) is 10.9. The Morgan fingerprint density at radius 3 is 1.51 bits per heavy atom. The number of hydrogen-bond acceptors (Lipinski definition) is 4. The third kappa shape index (κ3) is 10.4. The van der Waals surface area contributed by atoms with Gasteiger partial charge in [0.2, 0.25) is 0 Å². The molecule has 0 unspecified atom stereocenters. The molecular formula is C31H38N2S4. The van der Waals surface area contributed by atoms with E-state index in [9.17, 15) is 0 Å². The van der Waals surface area contributed by atoms with Crippen molar-refractivity contribution in [1.82, 2.24) is 10.6 Å². The molecule has 0 aliphatic heterocycles. The summed E-state index contributed by atoms with van der Waals surface area (Å²) in [5.41, 5.74) is 3.82. The van der Waals surface area contributed by atoms with Crippen molar-refractivity contribution in [2.75, 3.05) is 0 Å². The first-order valence-corrected chi connectivity index (χ1v) is 15.7. The third-order valence-corrected chi connectivity index (χ3v) is 8.69. The molecular weight excluding hydrogens is 529 g/mol. The molecule has 2 nitrogen and oxygen atoms in total. The molecule has 6 heteroatoms. The number of rotatable bonds is 13. The van der Waals surface area contributed by atoms with E-state index in [-0.39, 0.29) is 6.17 Å². The maximum Gasteiger partial charge on any atom is 0.140 e. The Balaban J connectivity index is 1.68. The topological polar surface area (TPSA) is 24.1 Å². The van der Waals surface area contributed by atoms with Gasteiger partial charge in [0.15, 0.2) is 0 Å². The van der Waals surface area contributed by atoms with Crippen molar-refractivity contribution >= 4 is 56.6 Å². The van der Waals surface area contributed by atoms with Crippen LogP contribution >= 0.6 is 48.0 Å². The van der Waals surface area contributed by atoms with Gasteiger partial charge in [0, 0.05) is 9.79 Å². The molecule has 0 spiro atoms. The van der Waals surface area contributed by atoms with Crippen molar-refractivity contribution < 1.29 is 0 Å². The molecule has 3 aromatic rings. The van der Waals surface area contributed by atoms with Crippen molar-refractivity contribution in [3.63, 3.8) is 0 Å². The molecule has 0 bridgehead atoms. The summed E-state index contributed by atoms with van der Waals surface area (Å²) in [6, 6.07) is 27.5. The van der Waals surface area contributed by atoms with Gasteiger partial charge in [0.25, 0.3) is 0 Å². The highest BCUT2D eigenvalue weighted by Gasteiger charge is 2.17. The first-order chi connectivity index (χ1) is 18.1. The Morgan fingerprint density at radius 1 is 0.622 bits per heavy atom. The standard InChI is InChI=1S/C31H38N2S4/c1-3-5-8-16-24-18-12-14-22-27(24)36-30(34)32-29(26-20-10-7-11-21-26)33-31(35)37-28-23-15-13-19-25(28)17-9-6-4-2/h7,10-15,18-23,29H,3-6,8-9,16-17H2,1-2H3,(H,32,34)(H,33,35). The fourth-order valence-electron chi connectivity index (χ4n) is 4.09. The molecule has 0 atom stereocenters. The van der Waals surface area contributed by atoms with E-state index in [4.69, 9.17) is 24.4 Å². The number of aryl methyl sites for hydroxylation is 2. The van der Waals surface area contributed by atoms with Crippen LogP contribution in [-0.2, 0) is 12.8 Å². The summed E-state index contributed by atoms with van der Waals surface area (Å²) in [5, 5.41) is 7.06. The minimum absolute atomic E-state index is 0.208. The van der Waals surface area contributed by atoms with Gasteiger partial charge >= 0.3 is 0 Å². The SMILES string of the molecule is CCCCCc1ccccc1SC(=S)NC(NC(=S)Sc1ccccc1CCCCC)c1ccccc1. The second kappa shape index (κ2) is 16.9. The van der Waals surface area contributed by atoms with Crippen molar-refractivity contribution in [2.45, 2.75) is 81.2 Å². The van der Waals surface area contributed by atoms with E-state index < -0.39 is 0 Å². The number of hydrogen-bond donors (Lipinski definition) is 2. The number of benzene rings is 3. The van der Waals surface area contributed by atoms with Crippen molar-refractivity contribution in [2.24, 2.45) is 0 Å². The molecule has 2 N–H and O–H groups in total. The fourth-order valence-corrected chi connectivity index (χ4v) is 6.52. The molecule has 3 aromatic carbocycles. The Kier molecular flexibility index (Phi) is 13.5. The number of nitrogens with one attached hydrogen (secondary N) is 2. The van der Waals surface area contributed by atoms with Crippen LogP contribution in [0.4, 0.5) is 0 Å². The molecule has 0 saturated carbocycles. The van der Waals surface area contributed by atoms with Crippen LogP contribution in [0.2, 0.25) is 0 Å². The monoisotopic (exact) mass is 566 g/mol. The van der Waals surface area contributed by atoms with Gasteiger partial charge in [-0.25, -0.2) is 0 Å². The highest BCUT2D eigenvalue weighted by Crippen LogP contribution is 2.28. The second-order valence-corrected chi connectivity index (χ2v) is 12.5. The van der Waals surface area contributed by atoms with E-state index in [2.05, 4.69) is 85.1 Å². The van der Waals surface area contributed by atoms with E-state index in [1.807, 2.05) is 18.2 Å². The lowest BCUT2D eigenvalue weighted by Gasteiger charge is -2.23. The predicted octanol–water partition coefficient (Wildman–Crippen LogP) is 9.48. The first-order valence-electron chi connectivity index (χ1n) is 13.3. The van der Waals surface area contributed by atoms with Gasteiger partial charge in [-0.1, -0.05) is 154 Å². The van der Waals surface area contributed by atoms with Crippen LogP contribution in [0.1, 0.15) is 75.2 Å². The lowest BCUT2D eigenvalue weighted by Crippen LogP contribution is -2.38. The zero-order valence-corrected chi connectivity index (χ0v) is 25.1. The van der Waals surface area contributed by atoms with Crippen molar-refractivity contribution in [3.05, 3.63) is 95.6 Å². The average molecular weight is 567 g/mol. The van der Waals surface area contributed by atoms with E-state index in [0.717, 1.165) is 27.0 Å². The van der Waals surface area contributed by atoms with Crippen LogP contribution in [-0.4, -0.2) is 8.64 Å². The quantitative estimate of drug-likeness (QED) is 0.0925. The summed E-state index contributed by atoms with van der Waals surface area (Å²) >= 11 is 14.9. The van der Waals surface area contributed by atoms with Gasteiger partial charge < -0.3 is 10.6 Å². The van der Waals surface area contributed by atoms with Gasteiger partial charge in [-0.05, 0) is 54.5 Å². The fraction of sp³-hybridized carbons (Fsp3) is 0.355. The van der Waals surface area contributed by atoms with Crippen LogP contribution < -0.4 is 10.6 Å². The number of thioether (sulfide) groups is 2. The van der Waals surface area contributed by atoms with Gasteiger partial charge in [0.05, 0.1) is 0 Å². The molecule has 0 aromatic heterocycles. The maximum atomic E-state index is 5.83. The molecule has 0 aliphatic rings. The summed E-state index contributed by atoms with van der Waals surface area (Å²) < 4.78 is 1.47. The largest absolute Gasteiger partial charge is 0.347 e.